The summed E-state index contributed by atoms with van der Waals surface area (Å²) in [4.78, 5) is 11.5. The highest BCUT2D eigenvalue weighted by molar-refractivity contribution is 5.83. The predicted molar refractivity (Wildman–Crippen MR) is 76.3 cm³/mol. The zero-order chi connectivity index (χ0) is 14.4. The number of ether oxygens (including phenoxy) is 1. The second-order valence-electron chi connectivity index (χ2n) is 5.19. The fourth-order valence-corrected chi connectivity index (χ4v) is 1.81. The lowest BCUT2D eigenvalue weighted by molar-refractivity contribution is -0.123. The third kappa shape index (κ3) is 4.91. The summed E-state index contributed by atoms with van der Waals surface area (Å²) in [6, 6.07) is 7.42. The molecule has 1 fully saturated rings. The standard InChI is InChI=1S/C15H20N2O3/c1-11(17-19)8-12-4-6-14(7-5-12)20-10-15(18)16-9-13-2-3-13/h4-7,13,19H,2-3,8-10H2,1H3,(H,16,18)/b17-11-. The Balaban J connectivity index is 1.73. The summed E-state index contributed by atoms with van der Waals surface area (Å²) in [7, 11) is 0. The normalized spacial score (nSPS) is 14.9. The number of nitrogens with one attached hydrogen (secondary N) is 1. The summed E-state index contributed by atoms with van der Waals surface area (Å²) >= 11 is 0. The van der Waals surface area contributed by atoms with Crippen molar-refractivity contribution in [1.82, 2.24) is 5.32 Å². The highest BCUT2D eigenvalue weighted by Gasteiger charge is 2.21. The van der Waals surface area contributed by atoms with E-state index in [-0.39, 0.29) is 12.5 Å². The molecule has 1 saturated carbocycles. The summed E-state index contributed by atoms with van der Waals surface area (Å²) in [5.41, 5.74) is 1.68. The molecule has 1 aromatic rings. The quantitative estimate of drug-likeness (QED) is 0.454. The summed E-state index contributed by atoms with van der Waals surface area (Å²) in [6.07, 6.45) is 3.04. The molecule has 0 atom stereocenters. The maximum absolute atomic E-state index is 11.5. The lowest BCUT2D eigenvalue weighted by Gasteiger charge is -2.07. The van der Waals surface area contributed by atoms with Gasteiger partial charge in [-0.1, -0.05) is 17.3 Å². The van der Waals surface area contributed by atoms with Crippen LogP contribution in [0.3, 0.4) is 0 Å². The maximum Gasteiger partial charge on any atom is 0.257 e. The van der Waals surface area contributed by atoms with E-state index in [2.05, 4.69) is 10.5 Å². The van der Waals surface area contributed by atoms with Crippen molar-refractivity contribution < 1.29 is 14.7 Å². The molecule has 0 unspecified atom stereocenters. The van der Waals surface area contributed by atoms with E-state index in [1.54, 1.807) is 6.92 Å². The van der Waals surface area contributed by atoms with Gasteiger partial charge in [0, 0.05) is 13.0 Å². The van der Waals surface area contributed by atoms with E-state index in [0.29, 0.717) is 23.8 Å². The van der Waals surface area contributed by atoms with Crippen LogP contribution in [0.5, 0.6) is 5.75 Å². The van der Waals surface area contributed by atoms with Gasteiger partial charge in [-0.25, -0.2) is 0 Å². The minimum atomic E-state index is -0.0794. The van der Waals surface area contributed by atoms with E-state index < -0.39 is 0 Å². The van der Waals surface area contributed by atoms with Crippen LogP contribution in [-0.2, 0) is 11.2 Å². The number of benzene rings is 1. The van der Waals surface area contributed by atoms with Crippen molar-refractivity contribution in [3.63, 3.8) is 0 Å². The first-order valence-corrected chi connectivity index (χ1v) is 6.83. The number of carbonyl (C=O) groups is 1. The van der Waals surface area contributed by atoms with Gasteiger partial charge in [-0.3, -0.25) is 4.79 Å². The molecule has 0 aliphatic heterocycles. The third-order valence-corrected chi connectivity index (χ3v) is 3.21. The largest absolute Gasteiger partial charge is 0.484 e. The van der Waals surface area contributed by atoms with E-state index in [1.807, 2.05) is 24.3 Å². The summed E-state index contributed by atoms with van der Waals surface area (Å²) in [5, 5.41) is 14.6. The van der Waals surface area contributed by atoms with Gasteiger partial charge in [-0.05, 0) is 43.4 Å². The van der Waals surface area contributed by atoms with Crippen molar-refractivity contribution in [3.05, 3.63) is 29.8 Å². The van der Waals surface area contributed by atoms with Gasteiger partial charge in [-0.15, -0.1) is 0 Å². The first-order chi connectivity index (χ1) is 9.67. The van der Waals surface area contributed by atoms with E-state index in [4.69, 9.17) is 9.94 Å². The van der Waals surface area contributed by atoms with Crippen molar-refractivity contribution >= 4 is 11.6 Å². The zero-order valence-corrected chi connectivity index (χ0v) is 11.6. The Morgan fingerprint density at radius 1 is 1.40 bits per heavy atom. The lowest BCUT2D eigenvalue weighted by atomic mass is 10.1. The molecule has 0 radical (unpaired) electrons. The molecule has 5 heteroatoms. The number of hydrogen-bond acceptors (Lipinski definition) is 4. The third-order valence-electron chi connectivity index (χ3n) is 3.21. The van der Waals surface area contributed by atoms with Crippen LogP contribution in [0.1, 0.15) is 25.3 Å². The van der Waals surface area contributed by atoms with Crippen LogP contribution in [0.2, 0.25) is 0 Å². The van der Waals surface area contributed by atoms with Crippen LogP contribution < -0.4 is 10.1 Å². The predicted octanol–water partition coefficient (Wildman–Crippen LogP) is 1.98. The highest BCUT2D eigenvalue weighted by Crippen LogP contribution is 2.27. The zero-order valence-electron chi connectivity index (χ0n) is 11.6. The van der Waals surface area contributed by atoms with Gasteiger partial charge in [0.05, 0.1) is 5.71 Å². The number of amides is 1. The van der Waals surface area contributed by atoms with Gasteiger partial charge < -0.3 is 15.3 Å². The molecule has 5 nitrogen and oxygen atoms in total. The van der Waals surface area contributed by atoms with Crippen molar-refractivity contribution in [2.24, 2.45) is 11.1 Å². The Labute approximate surface area is 118 Å². The molecule has 1 aromatic carbocycles. The smallest absolute Gasteiger partial charge is 0.257 e. The van der Waals surface area contributed by atoms with Crippen molar-refractivity contribution in [2.75, 3.05) is 13.2 Å². The average molecular weight is 276 g/mol. The molecule has 0 spiro atoms. The Kier molecular flexibility index (Phi) is 4.98. The minimum absolute atomic E-state index is 0.0448. The molecule has 2 rings (SSSR count). The number of oxime groups is 1. The Morgan fingerprint density at radius 3 is 2.70 bits per heavy atom. The fraction of sp³-hybridized carbons (Fsp3) is 0.467. The van der Waals surface area contributed by atoms with E-state index >= 15 is 0 Å². The van der Waals surface area contributed by atoms with Crippen LogP contribution >= 0.6 is 0 Å². The Bertz CT molecular complexity index is 478. The fourth-order valence-electron chi connectivity index (χ4n) is 1.81. The van der Waals surface area contributed by atoms with E-state index in [9.17, 15) is 4.79 Å². The molecule has 1 aliphatic carbocycles. The molecule has 20 heavy (non-hydrogen) atoms. The monoisotopic (exact) mass is 276 g/mol. The average Bonchev–Trinajstić information content (AvgIpc) is 3.28. The topological polar surface area (TPSA) is 70.9 Å². The summed E-state index contributed by atoms with van der Waals surface area (Å²) in [5.74, 6) is 1.26. The number of rotatable bonds is 7. The molecule has 1 amide bonds. The Hall–Kier alpha value is -2.04. The van der Waals surface area contributed by atoms with E-state index in [1.165, 1.54) is 12.8 Å². The minimum Gasteiger partial charge on any atom is -0.484 e. The molecule has 0 bridgehead atoms. The van der Waals surface area contributed by atoms with Gasteiger partial charge in [0.1, 0.15) is 5.75 Å². The molecular weight excluding hydrogens is 256 g/mol. The van der Waals surface area contributed by atoms with Gasteiger partial charge in [0.25, 0.3) is 5.91 Å². The van der Waals surface area contributed by atoms with Gasteiger partial charge in [0.2, 0.25) is 0 Å². The van der Waals surface area contributed by atoms with Crippen molar-refractivity contribution in [2.45, 2.75) is 26.2 Å². The van der Waals surface area contributed by atoms with Gasteiger partial charge >= 0.3 is 0 Å². The highest BCUT2D eigenvalue weighted by atomic mass is 16.5. The van der Waals surface area contributed by atoms with Crippen molar-refractivity contribution in [1.29, 1.82) is 0 Å². The molecule has 0 heterocycles. The number of nitrogens with zero attached hydrogens (tertiary/aromatic N) is 1. The van der Waals surface area contributed by atoms with Gasteiger partial charge in [-0.2, -0.15) is 0 Å². The summed E-state index contributed by atoms with van der Waals surface area (Å²) < 4.78 is 5.42. The summed E-state index contributed by atoms with van der Waals surface area (Å²) in [6.45, 7) is 2.57. The first-order valence-electron chi connectivity index (χ1n) is 6.83. The molecule has 1 aliphatic rings. The van der Waals surface area contributed by atoms with E-state index in [0.717, 1.165) is 12.1 Å². The second kappa shape index (κ2) is 6.93. The molecule has 2 N–H and O–H groups in total. The van der Waals surface area contributed by atoms with Gasteiger partial charge in [0.15, 0.2) is 6.61 Å². The Morgan fingerprint density at radius 2 is 2.10 bits per heavy atom. The molecular formula is C15H20N2O3. The van der Waals surface area contributed by atoms with Crippen LogP contribution in [0, 0.1) is 5.92 Å². The van der Waals surface area contributed by atoms with Crippen LogP contribution in [0.4, 0.5) is 0 Å². The van der Waals surface area contributed by atoms with Crippen LogP contribution in [0.25, 0.3) is 0 Å². The molecule has 108 valence electrons. The lowest BCUT2D eigenvalue weighted by Crippen LogP contribution is -2.30. The second-order valence-corrected chi connectivity index (χ2v) is 5.19. The van der Waals surface area contributed by atoms with Crippen molar-refractivity contribution in [3.8, 4) is 5.75 Å². The molecule has 0 aromatic heterocycles. The maximum atomic E-state index is 11.5. The van der Waals surface area contributed by atoms with Crippen LogP contribution in [0.15, 0.2) is 29.4 Å². The SMILES string of the molecule is C/C(Cc1ccc(OCC(=O)NCC2CC2)cc1)=N/O. The number of hydrogen-bond donors (Lipinski definition) is 2. The number of carbonyl (C=O) groups excluding carboxylic acids is 1. The van der Waals surface area contributed by atoms with Crippen LogP contribution in [-0.4, -0.2) is 30.0 Å². The first kappa shape index (κ1) is 14.4. The molecule has 0 saturated heterocycles.